The van der Waals surface area contributed by atoms with Crippen LogP contribution in [0.4, 0.5) is 0 Å². The molecule has 2 fully saturated rings. The van der Waals surface area contributed by atoms with E-state index in [0.29, 0.717) is 12.5 Å². The highest BCUT2D eigenvalue weighted by atomic mass is 16.7. The van der Waals surface area contributed by atoms with Crippen LogP contribution in [0.15, 0.2) is 30.9 Å². The molecule has 1 aliphatic heterocycles. The fourth-order valence-electron chi connectivity index (χ4n) is 5.01. The molecule has 0 unspecified atom stereocenters. The lowest BCUT2D eigenvalue weighted by molar-refractivity contribution is -0.183. The number of amides is 1. The minimum Gasteiger partial charge on any atom is -0.286 e. The second-order valence-corrected chi connectivity index (χ2v) is 8.83. The molecule has 5 rings (SSSR count). The fourth-order valence-corrected chi connectivity index (χ4v) is 5.01. The summed E-state index contributed by atoms with van der Waals surface area (Å²) in [5.74, 6) is 1.63. The van der Waals surface area contributed by atoms with Crippen molar-refractivity contribution in [3.8, 4) is 0 Å². The Morgan fingerprint density at radius 2 is 1.97 bits per heavy atom. The molecule has 2 aliphatic rings. The number of aryl methyl sites for hydroxylation is 2. The van der Waals surface area contributed by atoms with Crippen molar-refractivity contribution in [3.63, 3.8) is 0 Å². The molecule has 1 saturated heterocycles. The van der Waals surface area contributed by atoms with Gasteiger partial charge in [-0.3, -0.25) is 24.0 Å². The number of carbonyl (C=O) groups excluding carboxylic acids is 1. The molecule has 1 saturated carbocycles. The van der Waals surface area contributed by atoms with Gasteiger partial charge >= 0.3 is 0 Å². The first-order valence-corrected chi connectivity index (χ1v) is 11.1. The molecule has 31 heavy (non-hydrogen) atoms. The van der Waals surface area contributed by atoms with Crippen molar-refractivity contribution in [1.29, 1.82) is 0 Å². The highest BCUT2D eigenvalue weighted by Gasteiger charge is 2.37. The fraction of sp³-hybridized carbons (Fsp3) is 0.522. The molecule has 1 aliphatic carbocycles. The maximum Gasteiger partial charge on any atom is 0.249 e. The van der Waals surface area contributed by atoms with Gasteiger partial charge in [-0.1, -0.05) is 6.07 Å². The van der Waals surface area contributed by atoms with Gasteiger partial charge in [0, 0.05) is 30.9 Å². The van der Waals surface area contributed by atoms with Crippen molar-refractivity contribution >= 4 is 11.6 Å². The second kappa shape index (κ2) is 8.34. The molecule has 1 atom stereocenters. The lowest BCUT2D eigenvalue weighted by Crippen LogP contribution is -2.37. The molecular weight excluding hydrogens is 392 g/mol. The Bertz CT molecular complexity index is 1070. The molecule has 0 N–H and O–H groups in total. The van der Waals surface area contributed by atoms with Crippen molar-refractivity contribution in [2.24, 2.45) is 11.8 Å². The zero-order chi connectivity index (χ0) is 21.4. The van der Waals surface area contributed by atoms with Crippen LogP contribution in [0.2, 0.25) is 0 Å². The van der Waals surface area contributed by atoms with Gasteiger partial charge in [-0.25, -0.2) is 5.06 Å². The third-order valence-corrected chi connectivity index (χ3v) is 6.68. The van der Waals surface area contributed by atoms with E-state index in [1.54, 1.807) is 23.7 Å². The van der Waals surface area contributed by atoms with E-state index in [4.69, 9.17) is 4.84 Å². The van der Waals surface area contributed by atoms with E-state index in [9.17, 15) is 4.79 Å². The predicted octanol–water partition coefficient (Wildman–Crippen LogP) is 3.39. The molecule has 8 nitrogen and oxygen atoms in total. The smallest absolute Gasteiger partial charge is 0.249 e. The van der Waals surface area contributed by atoms with Crippen LogP contribution < -0.4 is 0 Å². The van der Waals surface area contributed by atoms with E-state index < -0.39 is 0 Å². The first-order valence-electron chi connectivity index (χ1n) is 11.1. The average molecular weight is 421 g/mol. The summed E-state index contributed by atoms with van der Waals surface area (Å²) in [5.41, 5.74) is 4.20. The Morgan fingerprint density at radius 1 is 1.13 bits per heavy atom. The minimum atomic E-state index is -0.124. The zero-order valence-corrected chi connectivity index (χ0v) is 18.1. The molecule has 4 heterocycles. The molecular formula is C23H28N6O2. The van der Waals surface area contributed by atoms with E-state index in [0.717, 1.165) is 61.3 Å². The molecule has 0 aromatic carbocycles. The molecule has 0 radical (unpaired) electrons. The highest BCUT2D eigenvalue weighted by molar-refractivity contribution is 5.78. The summed E-state index contributed by atoms with van der Waals surface area (Å²) < 4.78 is 2.08. The summed E-state index contributed by atoms with van der Waals surface area (Å²) in [6, 6.07) is 2.10. The van der Waals surface area contributed by atoms with Gasteiger partial charge in [-0.05, 0) is 63.0 Å². The summed E-state index contributed by atoms with van der Waals surface area (Å²) in [6.45, 7) is 4.62. The Morgan fingerprint density at radius 3 is 2.74 bits per heavy atom. The SMILES string of the molecule is Cc1cc(CC2CCC(C(=O)N3OCC[C@H]3c3cnccn3)CC2)cn2c(C)nnc12. The Hall–Kier alpha value is -2.87. The molecule has 3 aromatic heterocycles. The van der Waals surface area contributed by atoms with E-state index in [1.165, 1.54) is 5.56 Å². The van der Waals surface area contributed by atoms with Crippen molar-refractivity contribution in [1.82, 2.24) is 29.6 Å². The lowest BCUT2D eigenvalue weighted by Gasteiger charge is -2.31. The van der Waals surface area contributed by atoms with Crippen molar-refractivity contribution < 1.29 is 9.63 Å². The lowest BCUT2D eigenvalue weighted by atomic mass is 9.79. The van der Waals surface area contributed by atoms with Gasteiger partial charge in [0.15, 0.2) is 5.65 Å². The molecule has 0 spiro atoms. The third kappa shape index (κ3) is 3.92. The average Bonchev–Trinajstić information content (AvgIpc) is 3.42. The standard InChI is InChI=1S/C23H28N6O2/c1-15-11-18(14-28-16(2)26-27-22(15)28)12-17-3-5-19(6-4-17)23(30)29-21(7-10-31-29)20-13-24-8-9-25-20/h8-9,11,13-14,17,19,21H,3-7,10,12H2,1-2H3/t17?,19?,21-/m0/s1. The van der Waals surface area contributed by atoms with Gasteiger partial charge in [0.2, 0.25) is 5.91 Å². The largest absolute Gasteiger partial charge is 0.286 e. The van der Waals surface area contributed by atoms with Gasteiger partial charge in [-0.15, -0.1) is 10.2 Å². The molecule has 3 aromatic rings. The molecule has 0 bridgehead atoms. The summed E-state index contributed by atoms with van der Waals surface area (Å²) in [7, 11) is 0. The highest BCUT2D eigenvalue weighted by Crippen LogP contribution is 2.36. The summed E-state index contributed by atoms with van der Waals surface area (Å²) in [4.78, 5) is 27.4. The number of aromatic nitrogens is 5. The maximum absolute atomic E-state index is 13.2. The number of rotatable bonds is 4. The van der Waals surface area contributed by atoms with Crippen LogP contribution in [0.25, 0.3) is 5.65 Å². The summed E-state index contributed by atoms with van der Waals surface area (Å²) in [6.07, 6.45) is 12.9. The number of nitrogens with zero attached hydrogens (tertiary/aromatic N) is 6. The monoisotopic (exact) mass is 420 g/mol. The van der Waals surface area contributed by atoms with Crippen molar-refractivity contribution in [2.45, 2.75) is 58.4 Å². The van der Waals surface area contributed by atoms with Crippen LogP contribution in [0.3, 0.4) is 0 Å². The number of carbonyl (C=O) groups is 1. The maximum atomic E-state index is 13.2. The number of fused-ring (bicyclic) bond motifs is 1. The third-order valence-electron chi connectivity index (χ3n) is 6.68. The van der Waals surface area contributed by atoms with E-state index >= 15 is 0 Å². The number of hydrogen-bond acceptors (Lipinski definition) is 6. The van der Waals surface area contributed by atoms with Gasteiger partial charge in [0.05, 0.1) is 18.5 Å². The van der Waals surface area contributed by atoms with E-state index in [-0.39, 0.29) is 17.9 Å². The van der Waals surface area contributed by atoms with Gasteiger partial charge in [0.25, 0.3) is 0 Å². The van der Waals surface area contributed by atoms with E-state index in [2.05, 4.69) is 43.8 Å². The first-order chi connectivity index (χ1) is 15.1. The van der Waals surface area contributed by atoms with Crippen LogP contribution in [0, 0.1) is 25.7 Å². The summed E-state index contributed by atoms with van der Waals surface area (Å²) >= 11 is 0. The normalized spacial score (nSPS) is 24.1. The number of hydroxylamine groups is 2. The minimum absolute atomic E-state index is 0.0258. The second-order valence-electron chi connectivity index (χ2n) is 8.83. The van der Waals surface area contributed by atoms with Crippen molar-refractivity contribution in [2.75, 3.05) is 6.61 Å². The van der Waals surface area contributed by atoms with Crippen LogP contribution in [-0.4, -0.2) is 42.1 Å². The van der Waals surface area contributed by atoms with Gasteiger partial charge < -0.3 is 0 Å². The predicted molar refractivity (Wildman–Crippen MR) is 114 cm³/mol. The quantitative estimate of drug-likeness (QED) is 0.643. The Balaban J connectivity index is 1.21. The molecule has 8 heteroatoms. The van der Waals surface area contributed by atoms with E-state index in [1.807, 2.05) is 6.92 Å². The first kappa shape index (κ1) is 20.1. The zero-order valence-electron chi connectivity index (χ0n) is 18.1. The summed E-state index contributed by atoms with van der Waals surface area (Å²) in [5, 5.41) is 10.0. The Kier molecular flexibility index (Phi) is 5.40. The van der Waals surface area contributed by atoms with Crippen molar-refractivity contribution in [3.05, 3.63) is 53.5 Å². The van der Waals surface area contributed by atoms with Crippen LogP contribution in [-0.2, 0) is 16.1 Å². The number of pyridine rings is 1. The van der Waals surface area contributed by atoms with Crippen LogP contribution in [0.5, 0.6) is 0 Å². The molecule has 162 valence electrons. The van der Waals surface area contributed by atoms with Crippen LogP contribution >= 0.6 is 0 Å². The van der Waals surface area contributed by atoms with Gasteiger partial charge in [0.1, 0.15) is 11.9 Å². The number of hydrogen-bond donors (Lipinski definition) is 0. The van der Waals surface area contributed by atoms with Gasteiger partial charge in [-0.2, -0.15) is 0 Å². The topological polar surface area (TPSA) is 85.5 Å². The molecule has 1 amide bonds. The Labute approximate surface area is 181 Å². The van der Waals surface area contributed by atoms with Crippen LogP contribution in [0.1, 0.15) is 60.8 Å².